The van der Waals surface area contributed by atoms with Gasteiger partial charge in [-0.05, 0) is 49.4 Å². The second-order valence-corrected chi connectivity index (χ2v) is 9.64. The zero-order valence-corrected chi connectivity index (χ0v) is 20.9. The maximum absolute atomic E-state index is 13.2. The lowest BCUT2D eigenvalue weighted by Crippen LogP contribution is -2.11. The molecule has 188 valence electrons. The number of carbonyl (C=O) groups is 4. The molecule has 2 amide bonds. The first-order valence-electron chi connectivity index (χ1n) is 11.6. The van der Waals surface area contributed by atoms with Crippen LogP contribution in [0.2, 0.25) is 0 Å². The van der Waals surface area contributed by atoms with Gasteiger partial charge in [0.2, 0.25) is 0 Å². The fourth-order valence-electron chi connectivity index (χ4n) is 3.98. The summed E-state index contributed by atoms with van der Waals surface area (Å²) < 4.78 is 0. The van der Waals surface area contributed by atoms with E-state index >= 15 is 0 Å². The molecule has 5 rings (SSSR count). The highest BCUT2D eigenvalue weighted by atomic mass is 32.1. The highest BCUT2D eigenvalue weighted by Gasteiger charge is 2.25. The fourth-order valence-corrected chi connectivity index (χ4v) is 4.77. The Morgan fingerprint density at radius 2 is 1.61 bits per heavy atom. The molecular formula is C29H21N3O5S. The van der Waals surface area contributed by atoms with Crippen molar-refractivity contribution in [2.75, 3.05) is 16.0 Å². The summed E-state index contributed by atoms with van der Waals surface area (Å²) in [6.07, 6.45) is 1.55. The van der Waals surface area contributed by atoms with Crippen LogP contribution in [-0.2, 0) is 4.79 Å². The van der Waals surface area contributed by atoms with E-state index in [4.69, 9.17) is 0 Å². The third-order valence-electron chi connectivity index (χ3n) is 5.85. The molecule has 4 N–H and O–H groups in total. The predicted molar refractivity (Wildman–Crippen MR) is 147 cm³/mol. The Labute approximate surface area is 221 Å². The number of hydrogen-bond acceptors (Lipinski definition) is 7. The smallest absolute Gasteiger partial charge is 0.265 e. The van der Waals surface area contributed by atoms with Gasteiger partial charge in [-0.2, -0.15) is 0 Å². The van der Waals surface area contributed by atoms with Gasteiger partial charge in [0.15, 0.2) is 11.6 Å². The number of hydrogen-bond donors (Lipinski definition) is 4. The minimum atomic E-state index is -0.369. The lowest BCUT2D eigenvalue weighted by molar-refractivity contribution is -0.110. The molecule has 38 heavy (non-hydrogen) atoms. The number of phenols is 1. The summed E-state index contributed by atoms with van der Waals surface area (Å²) in [5, 5.41) is 18.2. The van der Waals surface area contributed by atoms with Crippen molar-refractivity contribution < 1.29 is 24.3 Å². The van der Waals surface area contributed by atoms with Crippen molar-refractivity contribution in [3.63, 3.8) is 0 Å². The van der Waals surface area contributed by atoms with E-state index in [2.05, 4.69) is 16.0 Å². The average Bonchev–Trinajstić information content (AvgIpc) is 3.52. The lowest BCUT2D eigenvalue weighted by Gasteiger charge is -2.08. The lowest BCUT2D eigenvalue weighted by atomic mass is 9.99. The van der Waals surface area contributed by atoms with Crippen LogP contribution in [0.15, 0.2) is 85.1 Å². The molecule has 0 spiro atoms. The van der Waals surface area contributed by atoms with E-state index in [0.717, 1.165) is 11.3 Å². The van der Waals surface area contributed by atoms with Gasteiger partial charge < -0.3 is 21.1 Å². The Bertz CT molecular complexity index is 1650. The third-order valence-corrected chi connectivity index (χ3v) is 7.04. The second kappa shape index (κ2) is 10.2. The summed E-state index contributed by atoms with van der Waals surface area (Å²) in [5.74, 6) is -0.967. The molecular weight excluding hydrogens is 502 g/mol. The highest BCUT2D eigenvalue weighted by molar-refractivity contribution is 7.16. The monoisotopic (exact) mass is 523 g/mol. The van der Waals surface area contributed by atoms with E-state index in [1.165, 1.54) is 13.0 Å². The van der Waals surface area contributed by atoms with Crippen LogP contribution in [-0.4, -0.2) is 28.5 Å². The Morgan fingerprint density at radius 3 is 2.37 bits per heavy atom. The maximum Gasteiger partial charge on any atom is 0.265 e. The first-order chi connectivity index (χ1) is 18.3. The van der Waals surface area contributed by atoms with Crippen LogP contribution in [0.4, 0.5) is 17.1 Å². The molecule has 0 radical (unpaired) electrons. The molecule has 0 fully saturated rings. The molecule has 0 saturated heterocycles. The van der Waals surface area contributed by atoms with Gasteiger partial charge in [0, 0.05) is 46.0 Å². The molecule has 0 aliphatic carbocycles. The van der Waals surface area contributed by atoms with Crippen LogP contribution in [0, 0.1) is 0 Å². The molecule has 3 aromatic carbocycles. The predicted octanol–water partition coefficient (Wildman–Crippen LogP) is 5.54. The zero-order chi connectivity index (χ0) is 26.8. The molecule has 1 aromatic heterocycles. The summed E-state index contributed by atoms with van der Waals surface area (Å²) in [7, 11) is 0. The van der Waals surface area contributed by atoms with Gasteiger partial charge in [-0.15, -0.1) is 11.3 Å². The van der Waals surface area contributed by atoms with Crippen molar-refractivity contribution in [2.24, 2.45) is 0 Å². The summed E-state index contributed by atoms with van der Waals surface area (Å²) in [5.41, 5.74) is 3.35. The number of benzene rings is 3. The molecule has 0 atom stereocenters. The van der Waals surface area contributed by atoms with E-state index in [1.54, 1.807) is 79.0 Å². The number of aromatic hydroxyl groups is 1. The van der Waals surface area contributed by atoms with Crippen LogP contribution in [0.25, 0.3) is 5.57 Å². The van der Waals surface area contributed by atoms with Crippen LogP contribution in [0.3, 0.4) is 0 Å². The SMILES string of the molecule is CC(=O)c1ccc(C(=O)Nc2cccc(C(=O)c3ccc4c(c3)NC(=O)/C4=C/Nc3cccc(O)c3)c2)s1. The topological polar surface area (TPSA) is 125 Å². The van der Waals surface area contributed by atoms with Crippen molar-refractivity contribution in [1.29, 1.82) is 0 Å². The molecule has 8 nitrogen and oxygen atoms in total. The van der Waals surface area contributed by atoms with Crippen molar-refractivity contribution in [3.8, 4) is 5.75 Å². The first-order valence-corrected chi connectivity index (χ1v) is 12.4. The van der Waals surface area contributed by atoms with Gasteiger partial charge in [-0.3, -0.25) is 19.2 Å². The molecule has 1 aliphatic heterocycles. The molecule has 1 aliphatic rings. The number of nitrogens with one attached hydrogen (secondary N) is 3. The normalized spacial score (nSPS) is 13.1. The van der Waals surface area contributed by atoms with Gasteiger partial charge >= 0.3 is 0 Å². The van der Waals surface area contributed by atoms with Gasteiger partial charge in [0.25, 0.3) is 11.8 Å². The Balaban J connectivity index is 1.33. The van der Waals surface area contributed by atoms with Gasteiger partial charge in [0.1, 0.15) is 5.75 Å². The number of amides is 2. The van der Waals surface area contributed by atoms with Gasteiger partial charge in [-0.1, -0.05) is 30.3 Å². The van der Waals surface area contributed by atoms with Crippen molar-refractivity contribution in [1.82, 2.24) is 0 Å². The Kier molecular flexibility index (Phi) is 6.59. The fraction of sp³-hybridized carbons (Fsp3) is 0.0345. The van der Waals surface area contributed by atoms with E-state index in [0.29, 0.717) is 49.1 Å². The van der Waals surface area contributed by atoms with E-state index in [-0.39, 0.29) is 29.1 Å². The number of Topliss-reactive ketones (excluding diaryl/α,β-unsaturated/α-hetero) is 1. The number of fused-ring (bicyclic) bond motifs is 1. The molecule has 9 heteroatoms. The maximum atomic E-state index is 13.2. The summed E-state index contributed by atoms with van der Waals surface area (Å²) in [4.78, 5) is 50.8. The van der Waals surface area contributed by atoms with Crippen LogP contribution < -0.4 is 16.0 Å². The standard InChI is InChI=1S/C29H21N3O5S/c1-16(33)25-10-11-26(38-25)29(37)31-20-6-2-4-17(12-20)27(35)18-8-9-22-23(28(36)32-24(22)13-18)15-30-19-5-3-7-21(34)14-19/h2-15,30,34H,1H3,(H,31,37)(H,32,36)/b23-15+. The number of carbonyl (C=O) groups excluding carboxylic acids is 4. The average molecular weight is 524 g/mol. The number of ketones is 2. The second-order valence-electron chi connectivity index (χ2n) is 8.55. The number of thiophene rings is 1. The summed E-state index contributed by atoms with van der Waals surface area (Å²) in [6, 6.07) is 21.2. The van der Waals surface area contributed by atoms with Crippen LogP contribution in [0.5, 0.6) is 5.75 Å². The third kappa shape index (κ3) is 5.09. The molecule has 4 aromatic rings. The van der Waals surface area contributed by atoms with E-state index in [9.17, 15) is 24.3 Å². The number of rotatable bonds is 7. The minimum absolute atomic E-state index is 0.102. The van der Waals surface area contributed by atoms with Crippen molar-refractivity contribution in [2.45, 2.75) is 6.92 Å². The summed E-state index contributed by atoms with van der Waals surface area (Å²) >= 11 is 1.11. The Hall–Kier alpha value is -5.02. The van der Waals surface area contributed by atoms with Crippen molar-refractivity contribution in [3.05, 3.63) is 112 Å². The minimum Gasteiger partial charge on any atom is -0.508 e. The van der Waals surface area contributed by atoms with Crippen molar-refractivity contribution >= 4 is 57.4 Å². The molecule has 0 saturated carbocycles. The quantitative estimate of drug-likeness (QED) is 0.186. The number of anilines is 3. The van der Waals surface area contributed by atoms with Gasteiger partial charge in [-0.25, -0.2) is 0 Å². The molecule has 2 heterocycles. The highest BCUT2D eigenvalue weighted by Crippen LogP contribution is 2.33. The first kappa shape index (κ1) is 24.7. The Morgan fingerprint density at radius 1 is 0.868 bits per heavy atom. The largest absolute Gasteiger partial charge is 0.508 e. The molecule has 0 unspecified atom stereocenters. The summed E-state index contributed by atoms with van der Waals surface area (Å²) in [6.45, 7) is 1.44. The van der Waals surface area contributed by atoms with E-state index < -0.39 is 0 Å². The number of phenolic OH excluding ortho intramolecular Hbond substituents is 1. The molecule has 0 bridgehead atoms. The van der Waals surface area contributed by atoms with E-state index in [1.807, 2.05) is 0 Å². The zero-order valence-electron chi connectivity index (χ0n) is 20.1. The van der Waals surface area contributed by atoms with Crippen LogP contribution >= 0.6 is 11.3 Å². The van der Waals surface area contributed by atoms with Gasteiger partial charge in [0.05, 0.1) is 15.3 Å². The van der Waals surface area contributed by atoms with Crippen LogP contribution in [0.1, 0.15) is 47.8 Å².